The molecular formula is C13H22N6O2S. The van der Waals surface area contributed by atoms with Gasteiger partial charge in [0.15, 0.2) is 0 Å². The van der Waals surface area contributed by atoms with E-state index in [1.807, 2.05) is 4.90 Å². The summed E-state index contributed by atoms with van der Waals surface area (Å²) < 4.78 is 1.63. The lowest BCUT2D eigenvalue weighted by Crippen LogP contribution is -2.41. The van der Waals surface area contributed by atoms with Gasteiger partial charge in [-0.05, 0) is 23.3 Å². The summed E-state index contributed by atoms with van der Waals surface area (Å²) in [7, 11) is 1.81. The van der Waals surface area contributed by atoms with Gasteiger partial charge in [-0.2, -0.15) is 0 Å². The highest BCUT2D eigenvalue weighted by atomic mass is 32.2. The molecule has 1 aromatic heterocycles. The number of aliphatic hydroxyl groups is 1. The summed E-state index contributed by atoms with van der Waals surface area (Å²) in [5, 5.41) is 25.5. The quantitative estimate of drug-likeness (QED) is 0.525. The molecule has 0 aromatic carbocycles. The van der Waals surface area contributed by atoms with E-state index >= 15 is 0 Å². The normalized spacial score (nSPS) is 25.5. The first kappa shape index (κ1) is 15.7. The Morgan fingerprint density at radius 3 is 2.91 bits per heavy atom. The third-order valence-corrected chi connectivity index (χ3v) is 5.39. The van der Waals surface area contributed by atoms with Crippen LogP contribution in [0.4, 0.5) is 0 Å². The molecule has 22 heavy (non-hydrogen) atoms. The first-order chi connectivity index (χ1) is 10.6. The topological polar surface area (TPSA) is 96.2 Å². The molecule has 9 heteroatoms. The number of aromatic nitrogens is 4. The Labute approximate surface area is 133 Å². The van der Waals surface area contributed by atoms with Crippen molar-refractivity contribution in [1.82, 2.24) is 30.4 Å². The Morgan fingerprint density at radius 1 is 1.45 bits per heavy atom. The second-order valence-electron chi connectivity index (χ2n) is 5.93. The molecular weight excluding hydrogens is 304 g/mol. The molecule has 2 fully saturated rings. The summed E-state index contributed by atoms with van der Waals surface area (Å²) in [6.07, 6.45) is 2.69. The summed E-state index contributed by atoms with van der Waals surface area (Å²) in [6.45, 7) is 1.80. The van der Waals surface area contributed by atoms with E-state index in [0.29, 0.717) is 13.1 Å². The van der Waals surface area contributed by atoms with Crippen LogP contribution in [0.25, 0.3) is 0 Å². The van der Waals surface area contributed by atoms with Crippen LogP contribution < -0.4 is 5.32 Å². The predicted molar refractivity (Wildman–Crippen MR) is 81.2 cm³/mol. The van der Waals surface area contributed by atoms with Crippen LogP contribution in [0.1, 0.15) is 19.3 Å². The van der Waals surface area contributed by atoms with Gasteiger partial charge in [0.05, 0.1) is 12.1 Å². The summed E-state index contributed by atoms with van der Waals surface area (Å²) in [6, 6.07) is -0.0396. The van der Waals surface area contributed by atoms with Crippen molar-refractivity contribution in [2.75, 3.05) is 25.4 Å². The molecule has 1 saturated carbocycles. The van der Waals surface area contributed by atoms with Gasteiger partial charge >= 0.3 is 0 Å². The van der Waals surface area contributed by atoms with Crippen molar-refractivity contribution in [2.24, 2.45) is 13.0 Å². The fraction of sp³-hybridized carbons (Fsp3) is 0.846. The molecule has 8 nitrogen and oxygen atoms in total. The fourth-order valence-electron chi connectivity index (χ4n) is 2.81. The van der Waals surface area contributed by atoms with E-state index in [0.717, 1.165) is 36.7 Å². The lowest BCUT2D eigenvalue weighted by atomic mass is 9.84. The van der Waals surface area contributed by atoms with Gasteiger partial charge in [-0.15, -0.1) is 5.10 Å². The van der Waals surface area contributed by atoms with Crippen LogP contribution in [0.2, 0.25) is 0 Å². The number of likely N-dealkylation sites (tertiary alicyclic amines) is 1. The van der Waals surface area contributed by atoms with Crippen molar-refractivity contribution >= 4 is 17.7 Å². The van der Waals surface area contributed by atoms with E-state index in [1.54, 1.807) is 23.5 Å². The number of amides is 1. The molecule has 122 valence electrons. The van der Waals surface area contributed by atoms with Crippen LogP contribution in [0.3, 0.4) is 0 Å². The van der Waals surface area contributed by atoms with Gasteiger partial charge in [0.1, 0.15) is 0 Å². The number of rotatable bonds is 6. The van der Waals surface area contributed by atoms with Gasteiger partial charge in [0.2, 0.25) is 11.1 Å². The number of carbonyl (C=O) groups excluding carboxylic acids is 1. The Balaban J connectivity index is 1.39. The number of aliphatic hydroxyl groups excluding tert-OH is 1. The van der Waals surface area contributed by atoms with Gasteiger partial charge in [-0.3, -0.25) is 4.79 Å². The zero-order valence-corrected chi connectivity index (χ0v) is 13.5. The number of hydrogen-bond acceptors (Lipinski definition) is 7. The minimum Gasteiger partial charge on any atom is -0.390 e. The number of hydrogen-bond donors (Lipinski definition) is 2. The lowest BCUT2D eigenvalue weighted by molar-refractivity contribution is -0.137. The highest BCUT2D eigenvalue weighted by Gasteiger charge is 2.37. The zero-order valence-electron chi connectivity index (χ0n) is 12.7. The van der Waals surface area contributed by atoms with Gasteiger partial charge in [-0.1, -0.05) is 18.2 Å². The predicted octanol–water partition coefficient (Wildman–Crippen LogP) is -0.736. The molecule has 2 heterocycles. The smallest absolute Gasteiger partial charge is 0.225 e. The van der Waals surface area contributed by atoms with Gasteiger partial charge < -0.3 is 15.3 Å². The highest BCUT2D eigenvalue weighted by molar-refractivity contribution is 7.99. The van der Waals surface area contributed by atoms with E-state index in [1.165, 1.54) is 0 Å². The van der Waals surface area contributed by atoms with E-state index in [9.17, 15) is 9.90 Å². The lowest BCUT2D eigenvalue weighted by Gasteiger charge is -2.29. The molecule has 3 rings (SSSR count). The van der Waals surface area contributed by atoms with Crippen LogP contribution in [0.15, 0.2) is 5.16 Å². The maximum atomic E-state index is 12.2. The van der Waals surface area contributed by atoms with Crippen LogP contribution >= 0.6 is 11.8 Å². The number of nitrogens with one attached hydrogen (secondary N) is 1. The Kier molecular flexibility index (Phi) is 4.94. The SMILES string of the molecule is Cn1nnnc1SCCN[C@@H]1CN(C(=O)C2CCC2)C[C@H]1O. The van der Waals surface area contributed by atoms with Crippen molar-refractivity contribution in [3.8, 4) is 0 Å². The monoisotopic (exact) mass is 326 g/mol. The molecule has 0 spiro atoms. The second kappa shape index (κ2) is 6.93. The number of tetrazole rings is 1. The highest BCUT2D eigenvalue weighted by Crippen LogP contribution is 2.29. The van der Waals surface area contributed by atoms with Crippen LogP contribution in [-0.2, 0) is 11.8 Å². The Morgan fingerprint density at radius 2 is 2.27 bits per heavy atom. The van der Waals surface area contributed by atoms with Crippen molar-refractivity contribution in [2.45, 2.75) is 36.6 Å². The molecule has 1 aromatic rings. The molecule has 0 radical (unpaired) electrons. The van der Waals surface area contributed by atoms with E-state index < -0.39 is 6.10 Å². The molecule has 2 N–H and O–H groups in total. The molecule has 2 aliphatic rings. The minimum atomic E-state index is -0.481. The summed E-state index contributed by atoms with van der Waals surface area (Å²) in [5.41, 5.74) is 0. The number of β-amino-alcohol motifs (C(OH)–C–C–N with tert-alkyl or cyclic N) is 1. The Bertz CT molecular complexity index is 520. The van der Waals surface area contributed by atoms with Crippen LogP contribution in [0.5, 0.6) is 0 Å². The van der Waals surface area contributed by atoms with Crippen LogP contribution in [-0.4, -0.2) is 73.7 Å². The maximum Gasteiger partial charge on any atom is 0.225 e. The van der Waals surface area contributed by atoms with Crippen molar-refractivity contribution < 1.29 is 9.90 Å². The third kappa shape index (κ3) is 3.41. The molecule has 1 aliphatic heterocycles. The average molecular weight is 326 g/mol. The minimum absolute atomic E-state index is 0.0396. The number of nitrogens with zero attached hydrogens (tertiary/aromatic N) is 5. The van der Waals surface area contributed by atoms with Crippen molar-refractivity contribution in [3.05, 3.63) is 0 Å². The summed E-state index contributed by atoms with van der Waals surface area (Å²) in [5.74, 6) is 1.23. The van der Waals surface area contributed by atoms with E-state index in [4.69, 9.17) is 0 Å². The summed E-state index contributed by atoms with van der Waals surface area (Å²) in [4.78, 5) is 14.0. The first-order valence-electron chi connectivity index (χ1n) is 7.70. The standard InChI is InChI=1S/C13H22N6O2S/c1-18-13(15-16-17-18)22-6-5-14-10-7-19(8-11(10)20)12(21)9-3-2-4-9/h9-11,14,20H,2-8H2,1H3/t10-,11-/m1/s1. The number of carbonyl (C=O) groups is 1. The third-order valence-electron chi connectivity index (χ3n) is 4.38. The largest absolute Gasteiger partial charge is 0.390 e. The van der Waals surface area contributed by atoms with Gasteiger partial charge in [0.25, 0.3) is 0 Å². The van der Waals surface area contributed by atoms with Crippen molar-refractivity contribution in [3.63, 3.8) is 0 Å². The molecule has 1 saturated heterocycles. The maximum absolute atomic E-state index is 12.2. The number of thioether (sulfide) groups is 1. The van der Waals surface area contributed by atoms with Crippen molar-refractivity contribution in [1.29, 1.82) is 0 Å². The summed E-state index contributed by atoms with van der Waals surface area (Å²) >= 11 is 1.57. The van der Waals surface area contributed by atoms with Crippen LogP contribution in [0, 0.1) is 5.92 Å². The molecule has 0 bridgehead atoms. The zero-order chi connectivity index (χ0) is 15.5. The number of aryl methyl sites for hydroxylation is 1. The Hall–Kier alpha value is -1.19. The van der Waals surface area contributed by atoms with Gasteiger partial charge in [0, 0.05) is 38.4 Å². The molecule has 1 amide bonds. The van der Waals surface area contributed by atoms with E-state index in [-0.39, 0.29) is 17.9 Å². The molecule has 1 aliphatic carbocycles. The van der Waals surface area contributed by atoms with E-state index in [2.05, 4.69) is 20.8 Å². The molecule has 2 atom stereocenters. The first-order valence-corrected chi connectivity index (χ1v) is 8.69. The fourth-order valence-corrected chi connectivity index (χ4v) is 3.53. The molecule has 0 unspecified atom stereocenters. The van der Waals surface area contributed by atoms with Gasteiger partial charge in [-0.25, -0.2) is 4.68 Å². The second-order valence-corrected chi connectivity index (χ2v) is 6.99. The average Bonchev–Trinajstić information content (AvgIpc) is 3.00.